The van der Waals surface area contributed by atoms with Gasteiger partial charge in [0.15, 0.2) is 0 Å². The quantitative estimate of drug-likeness (QED) is 0.435. The van der Waals surface area contributed by atoms with Gasteiger partial charge in [0, 0.05) is 6.32 Å². The number of aryl methyl sites for hydroxylation is 2. The van der Waals surface area contributed by atoms with Crippen LogP contribution < -0.4 is 0 Å². The topological polar surface area (TPSA) is 49.7 Å². The lowest BCUT2D eigenvalue weighted by Crippen LogP contribution is -2.31. The van der Waals surface area contributed by atoms with Crippen molar-refractivity contribution in [1.29, 1.82) is 0 Å². The molecular formula is C26H31BO3. The highest BCUT2D eigenvalue weighted by molar-refractivity contribution is 6.43. The van der Waals surface area contributed by atoms with Crippen molar-refractivity contribution in [3.05, 3.63) is 88.5 Å². The van der Waals surface area contributed by atoms with Crippen molar-refractivity contribution in [3.8, 4) is 5.75 Å². The molecule has 0 aromatic heterocycles. The summed E-state index contributed by atoms with van der Waals surface area (Å²) in [6.45, 7) is 10.1. The second-order valence-corrected chi connectivity index (χ2v) is 8.01. The first-order valence-corrected chi connectivity index (χ1v) is 10.7. The Morgan fingerprint density at radius 1 is 1.20 bits per heavy atom. The molecule has 2 aromatic rings. The Bertz CT molecular complexity index is 936. The van der Waals surface area contributed by atoms with Gasteiger partial charge in [-0.15, -0.1) is 0 Å². The Morgan fingerprint density at radius 3 is 2.50 bits per heavy atom. The molecule has 30 heavy (non-hydrogen) atoms. The van der Waals surface area contributed by atoms with E-state index in [1.165, 1.54) is 5.57 Å². The van der Waals surface area contributed by atoms with Crippen molar-refractivity contribution in [2.75, 3.05) is 0 Å². The zero-order valence-electron chi connectivity index (χ0n) is 18.2. The fourth-order valence-corrected chi connectivity index (χ4v) is 3.99. The molecule has 1 atom stereocenters. The third kappa shape index (κ3) is 5.32. The molecule has 0 fully saturated rings. The molecule has 0 bridgehead atoms. The summed E-state index contributed by atoms with van der Waals surface area (Å²) in [5, 5.41) is 20.1. The first-order valence-electron chi connectivity index (χ1n) is 10.7. The van der Waals surface area contributed by atoms with E-state index >= 15 is 0 Å². The summed E-state index contributed by atoms with van der Waals surface area (Å²) < 4.78 is 5.88. The van der Waals surface area contributed by atoms with Crippen molar-refractivity contribution < 1.29 is 14.8 Å². The molecule has 0 spiro atoms. The molecule has 0 saturated heterocycles. The Kier molecular flexibility index (Phi) is 7.36. The standard InChI is InChI=1S/C26H31BO3/c1-5-18(2)24-13-14-27(29)30-25(24)12-11-23(22-9-7-6-8-10-22)17-21-15-19(3)26(28)20(4)16-21/h6-10,13,15-17,25,28-29H,2,5,11-12,14H2,1,3-4H3/b23-17-. The maximum atomic E-state index is 10.1. The van der Waals surface area contributed by atoms with Gasteiger partial charge >= 0.3 is 7.12 Å². The summed E-state index contributed by atoms with van der Waals surface area (Å²) in [6, 6.07) is 14.4. The molecule has 156 valence electrons. The molecule has 3 rings (SSSR count). The van der Waals surface area contributed by atoms with Crippen LogP contribution in [0, 0.1) is 13.8 Å². The molecule has 0 radical (unpaired) electrons. The van der Waals surface area contributed by atoms with Crippen LogP contribution in [0.1, 0.15) is 48.4 Å². The molecule has 0 aliphatic carbocycles. The maximum absolute atomic E-state index is 10.1. The highest BCUT2D eigenvalue weighted by Gasteiger charge is 2.27. The molecule has 0 saturated carbocycles. The lowest BCUT2D eigenvalue weighted by Gasteiger charge is -2.28. The minimum atomic E-state index is -0.755. The molecule has 1 unspecified atom stereocenters. The van der Waals surface area contributed by atoms with E-state index in [4.69, 9.17) is 4.65 Å². The minimum absolute atomic E-state index is 0.156. The third-order valence-electron chi connectivity index (χ3n) is 5.72. The average molecular weight is 402 g/mol. The molecule has 2 N–H and O–H groups in total. The first kappa shape index (κ1) is 22.1. The molecule has 1 aliphatic heterocycles. The number of hydrogen-bond donors (Lipinski definition) is 2. The second kappa shape index (κ2) is 9.97. The number of hydrogen-bond acceptors (Lipinski definition) is 3. The predicted octanol–water partition coefficient (Wildman–Crippen LogP) is 6.10. The first-order chi connectivity index (χ1) is 14.4. The Balaban J connectivity index is 1.90. The summed E-state index contributed by atoms with van der Waals surface area (Å²) in [5.41, 5.74) is 7.37. The Morgan fingerprint density at radius 2 is 1.87 bits per heavy atom. The lowest BCUT2D eigenvalue weighted by molar-refractivity contribution is 0.184. The monoisotopic (exact) mass is 402 g/mol. The molecule has 4 heteroatoms. The zero-order valence-corrected chi connectivity index (χ0v) is 18.2. The van der Waals surface area contributed by atoms with E-state index in [0.717, 1.165) is 52.7 Å². The van der Waals surface area contributed by atoms with E-state index in [9.17, 15) is 10.1 Å². The fourth-order valence-electron chi connectivity index (χ4n) is 3.99. The zero-order chi connectivity index (χ0) is 21.7. The van der Waals surface area contributed by atoms with Crippen molar-refractivity contribution >= 4 is 18.8 Å². The lowest BCUT2D eigenvalue weighted by atomic mass is 9.77. The SMILES string of the molecule is C=C(CC)C1=CCB(O)OC1CC/C(=C/c1cc(C)c(O)c(C)c1)c1ccccc1. The third-order valence-corrected chi connectivity index (χ3v) is 5.72. The van der Waals surface area contributed by atoms with Gasteiger partial charge in [-0.2, -0.15) is 0 Å². The van der Waals surface area contributed by atoms with Crippen molar-refractivity contribution in [3.63, 3.8) is 0 Å². The smallest absolute Gasteiger partial charge is 0.458 e. The van der Waals surface area contributed by atoms with Gasteiger partial charge in [-0.1, -0.05) is 61.6 Å². The van der Waals surface area contributed by atoms with Crippen LogP contribution in [0.25, 0.3) is 11.6 Å². The number of rotatable bonds is 7. The van der Waals surface area contributed by atoms with Gasteiger partial charge in [-0.25, -0.2) is 0 Å². The highest BCUT2D eigenvalue weighted by atomic mass is 16.5. The summed E-state index contributed by atoms with van der Waals surface area (Å²) in [6.07, 6.45) is 7.05. The van der Waals surface area contributed by atoms with E-state index in [1.807, 2.05) is 44.2 Å². The minimum Gasteiger partial charge on any atom is -0.507 e. The van der Waals surface area contributed by atoms with Gasteiger partial charge in [0.05, 0.1) is 6.10 Å². The van der Waals surface area contributed by atoms with E-state index < -0.39 is 7.12 Å². The van der Waals surface area contributed by atoms with Crippen molar-refractivity contribution in [2.45, 2.75) is 52.5 Å². The van der Waals surface area contributed by atoms with Crippen LogP contribution in [-0.4, -0.2) is 23.4 Å². The van der Waals surface area contributed by atoms with Crippen LogP contribution >= 0.6 is 0 Å². The molecule has 1 heterocycles. The van der Waals surface area contributed by atoms with Gasteiger partial charge in [-0.05, 0) is 78.6 Å². The molecule has 0 amide bonds. The average Bonchev–Trinajstić information content (AvgIpc) is 2.75. The summed E-state index contributed by atoms with van der Waals surface area (Å²) in [7, 11) is -0.755. The molecule has 1 aliphatic rings. The van der Waals surface area contributed by atoms with Gasteiger partial charge < -0.3 is 14.8 Å². The van der Waals surface area contributed by atoms with Gasteiger partial charge in [0.25, 0.3) is 0 Å². The van der Waals surface area contributed by atoms with Crippen molar-refractivity contribution in [2.24, 2.45) is 0 Å². The van der Waals surface area contributed by atoms with Crippen LogP contribution in [0.4, 0.5) is 0 Å². The van der Waals surface area contributed by atoms with Gasteiger partial charge in [0.2, 0.25) is 0 Å². The van der Waals surface area contributed by atoms with Gasteiger partial charge in [0.1, 0.15) is 5.75 Å². The van der Waals surface area contributed by atoms with Crippen LogP contribution in [-0.2, 0) is 4.65 Å². The van der Waals surface area contributed by atoms with Gasteiger partial charge in [-0.3, -0.25) is 0 Å². The number of phenolic OH excluding ortho intramolecular Hbond substituents is 1. The predicted molar refractivity (Wildman–Crippen MR) is 126 cm³/mol. The van der Waals surface area contributed by atoms with Crippen molar-refractivity contribution in [1.82, 2.24) is 0 Å². The van der Waals surface area contributed by atoms with Crippen LogP contribution in [0.5, 0.6) is 5.75 Å². The van der Waals surface area contributed by atoms with Crippen LogP contribution in [0.3, 0.4) is 0 Å². The normalized spacial score (nSPS) is 17.1. The summed E-state index contributed by atoms with van der Waals surface area (Å²) >= 11 is 0. The van der Waals surface area contributed by atoms with E-state index in [-0.39, 0.29) is 6.10 Å². The molecule has 2 aromatic carbocycles. The fraction of sp³-hybridized carbons (Fsp3) is 0.308. The van der Waals surface area contributed by atoms with Crippen LogP contribution in [0.15, 0.2) is 66.3 Å². The largest absolute Gasteiger partial charge is 0.507 e. The Labute approximate surface area is 180 Å². The van der Waals surface area contributed by atoms with Crippen LogP contribution in [0.2, 0.25) is 6.32 Å². The van der Waals surface area contributed by atoms with E-state index in [0.29, 0.717) is 12.1 Å². The second-order valence-electron chi connectivity index (χ2n) is 8.01. The highest BCUT2D eigenvalue weighted by Crippen LogP contribution is 2.32. The maximum Gasteiger partial charge on any atom is 0.458 e. The number of aromatic hydroxyl groups is 1. The van der Waals surface area contributed by atoms with E-state index in [2.05, 4.69) is 37.8 Å². The molecular weight excluding hydrogens is 371 g/mol. The molecule has 3 nitrogen and oxygen atoms in total. The number of allylic oxidation sites excluding steroid dienone is 2. The summed E-state index contributed by atoms with van der Waals surface area (Å²) in [4.78, 5) is 0. The Hall–Kier alpha value is -2.56. The number of phenols is 1. The van der Waals surface area contributed by atoms with E-state index in [1.54, 1.807) is 0 Å². The number of benzene rings is 2. The summed E-state index contributed by atoms with van der Waals surface area (Å²) in [5.74, 6) is 0.353.